The molecule has 5 fully saturated rings. The number of halogens is 1. The zero-order chi connectivity index (χ0) is 17.2. The van der Waals surface area contributed by atoms with E-state index in [-0.39, 0.29) is 28.7 Å². The van der Waals surface area contributed by atoms with Crippen LogP contribution in [0.15, 0.2) is 0 Å². The van der Waals surface area contributed by atoms with Gasteiger partial charge in [-0.3, -0.25) is 4.79 Å². The smallest absolute Gasteiger partial charge is 0.312 e. The van der Waals surface area contributed by atoms with Crippen molar-refractivity contribution in [1.82, 2.24) is 0 Å². The number of carbonyl (C=O) groups excluding carboxylic acids is 1. The van der Waals surface area contributed by atoms with Crippen molar-refractivity contribution in [2.75, 3.05) is 19.0 Å². The Bertz CT molecular complexity index is 517. The number of thioether (sulfide) groups is 2. The lowest BCUT2D eigenvalue weighted by molar-refractivity contribution is -0.175. The highest BCUT2D eigenvalue weighted by Gasteiger charge is 2.67. The summed E-state index contributed by atoms with van der Waals surface area (Å²) in [5.74, 6) is 2.54. The highest BCUT2D eigenvalue weighted by Crippen LogP contribution is 2.72. The van der Waals surface area contributed by atoms with Crippen molar-refractivity contribution in [1.29, 1.82) is 0 Å². The van der Waals surface area contributed by atoms with Crippen LogP contribution in [0.3, 0.4) is 0 Å². The quantitative estimate of drug-likeness (QED) is 0.761. The Hall–Kier alpha value is 0.0600. The van der Waals surface area contributed by atoms with Crippen LogP contribution in [0.4, 0.5) is 4.39 Å². The van der Waals surface area contributed by atoms with Gasteiger partial charge in [0.1, 0.15) is 12.3 Å². The number of alkyl halides is 1. The van der Waals surface area contributed by atoms with Gasteiger partial charge in [0.15, 0.2) is 0 Å². The number of rotatable bonds is 4. The molecule has 3 atom stereocenters. The Labute approximate surface area is 151 Å². The number of ether oxygens (including phenoxy) is 1. The number of aliphatic hydroxyl groups is 1. The van der Waals surface area contributed by atoms with E-state index in [1.807, 2.05) is 23.5 Å². The van der Waals surface area contributed by atoms with Crippen LogP contribution < -0.4 is 0 Å². The molecule has 24 heavy (non-hydrogen) atoms. The second-order valence-corrected chi connectivity index (χ2v) is 12.0. The van der Waals surface area contributed by atoms with Gasteiger partial charge in [0.25, 0.3) is 0 Å². The summed E-state index contributed by atoms with van der Waals surface area (Å²) in [5, 5.41) is 9.88. The minimum Gasteiger partial charge on any atom is -0.462 e. The third-order valence-electron chi connectivity index (χ3n) is 6.36. The molecular weight excluding hydrogens is 347 g/mol. The van der Waals surface area contributed by atoms with E-state index in [1.165, 1.54) is 26.7 Å². The van der Waals surface area contributed by atoms with Gasteiger partial charge in [-0.1, -0.05) is 0 Å². The molecule has 1 spiro atoms. The largest absolute Gasteiger partial charge is 0.462 e. The summed E-state index contributed by atoms with van der Waals surface area (Å²) < 4.78 is 19.4. The standard InChI is InChI=1S/C18H27FO3S2/c1-16(2,19)10-22-15(21)17-5-11-3-12(6-17)18(13(4-11)7-17)23-9-14(8-20)24-18/h11-14,20H,3-10H2,1-2H3. The highest BCUT2D eigenvalue weighted by atomic mass is 32.2. The zero-order valence-electron chi connectivity index (χ0n) is 14.4. The summed E-state index contributed by atoms with van der Waals surface area (Å²) in [7, 11) is 0. The predicted octanol–water partition coefficient (Wildman–Crippen LogP) is 3.64. The second kappa shape index (κ2) is 5.78. The lowest BCUT2D eigenvalue weighted by Crippen LogP contribution is -2.60. The fourth-order valence-corrected chi connectivity index (χ4v) is 9.72. The van der Waals surface area contributed by atoms with Gasteiger partial charge in [0.05, 0.1) is 16.1 Å². The average molecular weight is 375 g/mol. The number of hydrogen-bond donors (Lipinski definition) is 1. The third-order valence-corrected chi connectivity index (χ3v) is 10.6. The first-order valence-electron chi connectivity index (χ1n) is 9.05. The van der Waals surface area contributed by atoms with Crippen LogP contribution in [-0.2, 0) is 9.53 Å². The molecule has 0 aromatic heterocycles. The summed E-state index contributed by atoms with van der Waals surface area (Å²) in [5.41, 5.74) is -1.84. The summed E-state index contributed by atoms with van der Waals surface area (Å²) in [6, 6.07) is 0. The highest BCUT2D eigenvalue weighted by molar-refractivity contribution is 8.21. The van der Waals surface area contributed by atoms with E-state index in [4.69, 9.17) is 4.74 Å². The van der Waals surface area contributed by atoms with Crippen LogP contribution in [0.2, 0.25) is 0 Å². The maximum Gasteiger partial charge on any atom is 0.312 e. The number of hydrogen-bond acceptors (Lipinski definition) is 5. The van der Waals surface area contributed by atoms with Crippen molar-refractivity contribution < 1.29 is 19.0 Å². The summed E-state index contributed by atoms with van der Waals surface area (Å²) in [6.45, 7) is 3.02. The molecule has 4 bridgehead atoms. The molecule has 4 aliphatic carbocycles. The number of carbonyl (C=O) groups is 1. The normalized spacial score (nSPS) is 46.7. The molecular formula is C18H27FO3S2. The minimum absolute atomic E-state index is 0.144. The van der Waals surface area contributed by atoms with Crippen LogP contribution in [0.1, 0.15) is 46.0 Å². The Balaban J connectivity index is 1.53. The maximum absolute atomic E-state index is 13.7. The Morgan fingerprint density at radius 2 is 1.96 bits per heavy atom. The van der Waals surface area contributed by atoms with Crippen molar-refractivity contribution in [3.8, 4) is 0 Å². The van der Waals surface area contributed by atoms with E-state index in [0.29, 0.717) is 23.0 Å². The van der Waals surface area contributed by atoms with Gasteiger partial charge < -0.3 is 9.84 Å². The van der Waals surface area contributed by atoms with Crippen molar-refractivity contribution in [3.05, 3.63) is 0 Å². The van der Waals surface area contributed by atoms with Gasteiger partial charge in [0, 0.05) is 11.0 Å². The third kappa shape index (κ3) is 2.71. The zero-order valence-corrected chi connectivity index (χ0v) is 16.1. The SMILES string of the molecule is CC(C)(F)COC(=O)C12CC3CC(C1)C1(SCC(CO)S1)C(C3)C2. The van der Waals surface area contributed by atoms with Crippen LogP contribution in [0.25, 0.3) is 0 Å². The lowest BCUT2D eigenvalue weighted by atomic mass is 9.49. The van der Waals surface area contributed by atoms with Gasteiger partial charge in [0.2, 0.25) is 0 Å². The average Bonchev–Trinajstić information content (AvgIpc) is 2.94. The van der Waals surface area contributed by atoms with Gasteiger partial charge in [-0.2, -0.15) is 0 Å². The first-order valence-corrected chi connectivity index (χ1v) is 10.9. The van der Waals surface area contributed by atoms with Crippen molar-refractivity contribution >= 4 is 29.5 Å². The van der Waals surface area contributed by atoms with Gasteiger partial charge in [-0.05, 0) is 63.7 Å². The van der Waals surface area contributed by atoms with Gasteiger partial charge in [-0.25, -0.2) is 4.39 Å². The Morgan fingerprint density at radius 1 is 1.29 bits per heavy atom. The molecule has 0 amide bonds. The molecule has 1 N–H and O–H groups in total. The summed E-state index contributed by atoms with van der Waals surface area (Å²) in [4.78, 5) is 12.8. The molecule has 136 valence electrons. The van der Waals surface area contributed by atoms with Crippen LogP contribution >= 0.6 is 23.5 Å². The Kier molecular flexibility index (Phi) is 4.21. The van der Waals surface area contributed by atoms with Crippen LogP contribution in [0, 0.1) is 23.2 Å². The first kappa shape index (κ1) is 17.5. The maximum atomic E-state index is 13.7. The molecule has 1 heterocycles. The first-order chi connectivity index (χ1) is 11.3. The van der Waals surface area contributed by atoms with Crippen molar-refractivity contribution in [2.45, 2.75) is 60.9 Å². The molecule has 6 heteroatoms. The van der Waals surface area contributed by atoms with Crippen LogP contribution in [-0.4, -0.2) is 45.0 Å². The van der Waals surface area contributed by atoms with Crippen molar-refractivity contribution in [3.63, 3.8) is 0 Å². The molecule has 0 aromatic rings. The molecule has 5 rings (SSSR count). The van der Waals surface area contributed by atoms with Crippen LogP contribution in [0.5, 0.6) is 0 Å². The molecule has 0 aromatic carbocycles. The summed E-state index contributed by atoms with van der Waals surface area (Å²) in [6.07, 6.45) is 5.13. The molecule has 3 unspecified atom stereocenters. The number of esters is 1. The predicted molar refractivity (Wildman–Crippen MR) is 95.8 cm³/mol. The van der Waals surface area contributed by atoms with E-state index in [9.17, 15) is 14.3 Å². The Morgan fingerprint density at radius 3 is 2.50 bits per heavy atom. The minimum atomic E-state index is -1.47. The van der Waals surface area contributed by atoms with Gasteiger partial charge in [-0.15, -0.1) is 23.5 Å². The molecule has 1 aliphatic heterocycles. The molecule has 4 saturated carbocycles. The second-order valence-electron chi connectivity index (χ2n) is 8.87. The lowest BCUT2D eigenvalue weighted by Gasteiger charge is -2.62. The molecule has 0 radical (unpaired) electrons. The summed E-state index contributed by atoms with van der Waals surface area (Å²) >= 11 is 4.01. The molecule has 5 aliphatic rings. The topological polar surface area (TPSA) is 46.5 Å². The van der Waals surface area contributed by atoms with Crippen molar-refractivity contribution in [2.24, 2.45) is 23.2 Å². The number of aliphatic hydroxyl groups excluding tert-OH is 1. The fraction of sp³-hybridized carbons (Fsp3) is 0.944. The van der Waals surface area contributed by atoms with E-state index in [2.05, 4.69) is 0 Å². The van der Waals surface area contributed by atoms with E-state index < -0.39 is 5.67 Å². The molecule has 1 saturated heterocycles. The van der Waals surface area contributed by atoms with E-state index in [0.717, 1.165) is 25.0 Å². The van der Waals surface area contributed by atoms with Gasteiger partial charge >= 0.3 is 5.97 Å². The monoisotopic (exact) mass is 374 g/mol. The van der Waals surface area contributed by atoms with E-state index in [1.54, 1.807) is 0 Å². The fourth-order valence-electron chi connectivity index (χ4n) is 5.64. The van der Waals surface area contributed by atoms with E-state index >= 15 is 0 Å². The molecule has 3 nitrogen and oxygen atoms in total.